The van der Waals surface area contributed by atoms with Crippen LogP contribution in [-0.4, -0.2) is 30.6 Å². The van der Waals surface area contributed by atoms with Crippen LogP contribution in [0.4, 0.5) is 0 Å². The molecule has 0 amide bonds. The first-order valence-corrected chi connectivity index (χ1v) is 7.24. The molecule has 1 heterocycles. The topological polar surface area (TPSA) is 29.3 Å². The van der Waals surface area contributed by atoms with E-state index in [2.05, 4.69) is 11.8 Å². The summed E-state index contributed by atoms with van der Waals surface area (Å²) in [5.41, 5.74) is 6.58. The fourth-order valence-electron chi connectivity index (χ4n) is 3.65. The smallest absolute Gasteiger partial charge is 0.0218 e. The van der Waals surface area contributed by atoms with Crippen LogP contribution < -0.4 is 5.73 Å². The summed E-state index contributed by atoms with van der Waals surface area (Å²) in [6.07, 6.45) is 11.4. The van der Waals surface area contributed by atoms with Crippen LogP contribution in [0.3, 0.4) is 0 Å². The van der Waals surface area contributed by atoms with Crippen LogP contribution in [0.15, 0.2) is 0 Å². The second kappa shape index (κ2) is 5.50. The molecule has 0 radical (unpaired) electrons. The summed E-state index contributed by atoms with van der Waals surface area (Å²) in [4.78, 5) is 2.65. The van der Waals surface area contributed by atoms with Gasteiger partial charge in [-0.05, 0) is 24.7 Å². The van der Waals surface area contributed by atoms with E-state index in [0.717, 1.165) is 6.54 Å². The average molecular weight is 224 g/mol. The number of likely N-dealkylation sites (tertiary alicyclic amines) is 1. The molecule has 1 saturated carbocycles. The van der Waals surface area contributed by atoms with Gasteiger partial charge in [-0.1, -0.05) is 39.0 Å². The van der Waals surface area contributed by atoms with Gasteiger partial charge in [0, 0.05) is 25.7 Å². The van der Waals surface area contributed by atoms with Crippen LogP contribution in [0.2, 0.25) is 0 Å². The maximum absolute atomic E-state index is 5.88. The first kappa shape index (κ1) is 12.4. The van der Waals surface area contributed by atoms with Crippen LogP contribution in [0.1, 0.15) is 58.3 Å². The van der Waals surface area contributed by atoms with E-state index in [1.54, 1.807) is 0 Å². The van der Waals surface area contributed by atoms with E-state index in [0.29, 0.717) is 11.5 Å². The van der Waals surface area contributed by atoms with Gasteiger partial charge in [0.1, 0.15) is 0 Å². The van der Waals surface area contributed by atoms with Gasteiger partial charge in [0.05, 0.1) is 0 Å². The molecule has 0 aromatic rings. The Balaban J connectivity index is 1.82. The van der Waals surface area contributed by atoms with E-state index in [9.17, 15) is 0 Å². The summed E-state index contributed by atoms with van der Waals surface area (Å²) in [6.45, 7) is 5.80. The van der Waals surface area contributed by atoms with E-state index in [1.165, 1.54) is 64.5 Å². The summed E-state index contributed by atoms with van der Waals surface area (Å²) < 4.78 is 0. The summed E-state index contributed by atoms with van der Waals surface area (Å²) in [5.74, 6) is 0. The Labute approximate surface area is 101 Å². The Morgan fingerprint density at radius 2 is 1.75 bits per heavy atom. The molecular weight excluding hydrogens is 196 g/mol. The molecule has 1 unspecified atom stereocenters. The Bertz CT molecular complexity index is 199. The molecule has 1 spiro atoms. The second-order valence-corrected chi connectivity index (χ2v) is 6.00. The molecule has 1 saturated heterocycles. The summed E-state index contributed by atoms with van der Waals surface area (Å²) in [5, 5.41) is 0. The minimum Gasteiger partial charge on any atom is -0.329 e. The number of nitrogens with zero attached hydrogens (tertiary/aromatic N) is 1. The average Bonchev–Trinajstić information content (AvgIpc) is 2.49. The maximum atomic E-state index is 5.88. The van der Waals surface area contributed by atoms with Gasteiger partial charge in [0.15, 0.2) is 0 Å². The highest BCUT2D eigenvalue weighted by molar-refractivity contribution is 4.98. The van der Waals surface area contributed by atoms with Crippen LogP contribution in [-0.2, 0) is 0 Å². The zero-order chi connectivity index (χ0) is 11.4. The quantitative estimate of drug-likeness (QED) is 0.795. The lowest BCUT2D eigenvalue weighted by Gasteiger charge is -2.53. The normalized spacial score (nSPS) is 27.4. The van der Waals surface area contributed by atoms with E-state index >= 15 is 0 Å². The molecule has 0 aromatic heterocycles. The molecule has 0 bridgehead atoms. The molecule has 2 fully saturated rings. The fraction of sp³-hybridized carbons (Fsp3) is 1.00. The predicted molar refractivity (Wildman–Crippen MR) is 69.5 cm³/mol. The standard InChI is InChI=1S/C14H28N2/c1-2-7-13(10-15)16-11-14(12-16)8-5-3-4-6-9-14/h13H,2-12,15H2,1H3. The third-order valence-corrected chi connectivity index (χ3v) is 4.65. The van der Waals surface area contributed by atoms with Crippen LogP contribution in [0, 0.1) is 5.41 Å². The zero-order valence-corrected chi connectivity index (χ0v) is 10.9. The molecule has 94 valence electrons. The minimum atomic E-state index is 0.666. The Morgan fingerprint density at radius 1 is 1.12 bits per heavy atom. The van der Waals surface area contributed by atoms with Gasteiger partial charge in [0.25, 0.3) is 0 Å². The highest BCUT2D eigenvalue weighted by Gasteiger charge is 2.44. The third-order valence-electron chi connectivity index (χ3n) is 4.65. The fourth-order valence-corrected chi connectivity index (χ4v) is 3.65. The lowest BCUT2D eigenvalue weighted by atomic mass is 9.72. The van der Waals surface area contributed by atoms with Crippen molar-refractivity contribution in [1.82, 2.24) is 4.90 Å². The predicted octanol–water partition coefficient (Wildman–Crippen LogP) is 2.77. The van der Waals surface area contributed by atoms with Crippen molar-refractivity contribution in [3.05, 3.63) is 0 Å². The van der Waals surface area contributed by atoms with Gasteiger partial charge in [-0.15, -0.1) is 0 Å². The molecule has 1 atom stereocenters. The van der Waals surface area contributed by atoms with E-state index in [-0.39, 0.29) is 0 Å². The molecule has 2 heteroatoms. The minimum absolute atomic E-state index is 0.666. The Morgan fingerprint density at radius 3 is 2.25 bits per heavy atom. The number of hydrogen-bond acceptors (Lipinski definition) is 2. The number of hydrogen-bond donors (Lipinski definition) is 1. The second-order valence-electron chi connectivity index (χ2n) is 6.00. The Kier molecular flexibility index (Phi) is 4.26. The van der Waals surface area contributed by atoms with Crippen molar-refractivity contribution in [2.24, 2.45) is 11.1 Å². The van der Waals surface area contributed by atoms with Gasteiger partial charge in [-0.25, -0.2) is 0 Å². The number of nitrogens with two attached hydrogens (primary N) is 1. The van der Waals surface area contributed by atoms with Gasteiger partial charge in [0.2, 0.25) is 0 Å². The summed E-state index contributed by atoms with van der Waals surface area (Å²) >= 11 is 0. The first-order valence-electron chi connectivity index (χ1n) is 7.24. The summed E-state index contributed by atoms with van der Waals surface area (Å²) in [6, 6.07) is 0.666. The van der Waals surface area contributed by atoms with Crippen molar-refractivity contribution in [1.29, 1.82) is 0 Å². The van der Waals surface area contributed by atoms with Gasteiger partial charge in [-0.2, -0.15) is 0 Å². The van der Waals surface area contributed by atoms with Crippen LogP contribution >= 0.6 is 0 Å². The highest BCUT2D eigenvalue weighted by Crippen LogP contribution is 2.43. The molecule has 16 heavy (non-hydrogen) atoms. The lowest BCUT2D eigenvalue weighted by molar-refractivity contribution is -0.0414. The van der Waals surface area contributed by atoms with Gasteiger partial charge in [-0.3, -0.25) is 4.90 Å². The van der Waals surface area contributed by atoms with Crippen molar-refractivity contribution in [2.45, 2.75) is 64.3 Å². The van der Waals surface area contributed by atoms with Crippen LogP contribution in [0.5, 0.6) is 0 Å². The summed E-state index contributed by atoms with van der Waals surface area (Å²) in [7, 11) is 0. The molecule has 2 rings (SSSR count). The molecule has 0 aromatic carbocycles. The van der Waals surface area contributed by atoms with E-state index in [1.807, 2.05) is 0 Å². The van der Waals surface area contributed by atoms with Crippen molar-refractivity contribution in [3.8, 4) is 0 Å². The SMILES string of the molecule is CCCC(CN)N1CC2(CCCCCC2)C1. The highest BCUT2D eigenvalue weighted by atomic mass is 15.2. The van der Waals surface area contributed by atoms with E-state index in [4.69, 9.17) is 5.73 Å². The Hall–Kier alpha value is -0.0800. The molecule has 2 N–H and O–H groups in total. The number of rotatable bonds is 4. The van der Waals surface area contributed by atoms with E-state index < -0.39 is 0 Å². The molecule has 1 aliphatic heterocycles. The van der Waals surface area contributed by atoms with Gasteiger partial charge >= 0.3 is 0 Å². The molecular formula is C14H28N2. The van der Waals surface area contributed by atoms with Crippen molar-refractivity contribution in [3.63, 3.8) is 0 Å². The van der Waals surface area contributed by atoms with Crippen molar-refractivity contribution >= 4 is 0 Å². The first-order chi connectivity index (χ1) is 7.79. The molecule has 2 nitrogen and oxygen atoms in total. The molecule has 2 aliphatic rings. The van der Waals surface area contributed by atoms with Crippen LogP contribution in [0.25, 0.3) is 0 Å². The lowest BCUT2D eigenvalue weighted by Crippen LogP contribution is -2.61. The van der Waals surface area contributed by atoms with Crippen molar-refractivity contribution < 1.29 is 0 Å². The zero-order valence-electron chi connectivity index (χ0n) is 10.9. The largest absolute Gasteiger partial charge is 0.329 e. The molecule has 1 aliphatic carbocycles. The van der Waals surface area contributed by atoms with Crippen molar-refractivity contribution in [2.75, 3.05) is 19.6 Å². The maximum Gasteiger partial charge on any atom is 0.0218 e. The monoisotopic (exact) mass is 224 g/mol. The third kappa shape index (κ3) is 2.60. The van der Waals surface area contributed by atoms with Gasteiger partial charge < -0.3 is 5.73 Å².